The molecule has 0 saturated heterocycles. The summed E-state index contributed by atoms with van der Waals surface area (Å²) >= 11 is 0. The minimum atomic E-state index is -0.416. The fourth-order valence-corrected chi connectivity index (χ4v) is 16.2. The van der Waals surface area contributed by atoms with E-state index in [-0.39, 0.29) is 112 Å². The van der Waals surface area contributed by atoms with Crippen LogP contribution in [0.3, 0.4) is 0 Å². The molecule has 4 aromatic carbocycles. The molecule has 0 saturated carbocycles. The smallest absolute Gasteiger partial charge is 0.218 e. The van der Waals surface area contributed by atoms with E-state index in [0.29, 0.717) is 92.7 Å². The maximum Gasteiger partial charge on any atom is 0.218 e. The number of nitrogens with zero attached hydrogens (tertiary/aromatic N) is 20. The van der Waals surface area contributed by atoms with Gasteiger partial charge in [0, 0.05) is 179 Å². The first-order chi connectivity index (χ1) is 67.7. The van der Waals surface area contributed by atoms with Gasteiger partial charge in [-0.3, -0.25) is 42.5 Å². The van der Waals surface area contributed by atoms with Crippen molar-refractivity contribution in [2.24, 2.45) is 0 Å². The van der Waals surface area contributed by atoms with E-state index >= 15 is 0 Å². The Kier molecular flexibility index (Phi) is 34.7. The number of rotatable bonds is 22. The average Bonchev–Trinajstić information content (AvgIpc) is 1.59. The van der Waals surface area contributed by atoms with Gasteiger partial charge in [0.2, 0.25) is 17.6 Å². The number of hydrogen-bond donors (Lipinski definition) is 0. The largest absolute Gasteiger partial charge is 0.521 e. The van der Waals surface area contributed by atoms with Crippen molar-refractivity contribution >= 4 is 45.3 Å². The number of aryl methyl sites for hydroxylation is 6. The zero-order chi connectivity index (χ0) is 101. The monoisotopic (exact) mass is 2670 g/mol. The van der Waals surface area contributed by atoms with E-state index in [4.69, 9.17) is 48.1 Å². The Balaban J connectivity index is 0.000000161. The van der Waals surface area contributed by atoms with Crippen LogP contribution in [-0.2, 0) is 106 Å². The molecule has 0 fully saturated rings. The third kappa shape index (κ3) is 25.4. The third-order valence-corrected chi connectivity index (χ3v) is 24.4. The molecule has 4 aliphatic heterocycles. The quantitative estimate of drug-likeness (QED) is 0.0577. The molecule has 27 nitrogen and oxygen atoms in total. The fourth-order valence-electron chi connectivity index (χ4n) is 16.2. The minimum Gasteiger partial charge on any atom is -0.521 e. The van der Waals surface area contributed by atoms with Crippen LogP contribution in [0.15, 0.2) is 226 Å². The van der Waals surface area contributed by atoms with Crippen molar-refractivity contribution in [3.63, 3.8) is 0 Å². The van der Waals surface area contributed by atoms with Gasteiger partial charge in [-0.05, 0) is 217 Å². The molecular formula is C115H118N20O7Pt4-12. The molecule has 0 N–H and O–H groups in total. The summed E-state index contributed by atoms with van der Waals surface area (Å²) in [5, 5.41) is 0. The van der Waals surface area contributed by atoms with E-state index < -0.39 is 5.41 Å². The first-order valence-corrected chi connectivity index (χ1v) is 47.2. The molecule has 146 heavy (non-hydrogen) atoms. The summed E-state index contributed by atoms with van der Waals surface area (Å²) < 4.78 is 51.7. The molecule has 0 aliphatic carbocycles. The van der Waals surface area contributed by atoms with Crippen molar-refractivity contribution in [1.29, 1.82) is 0 Å². The Morgan fingerprint density at radius 1 is 0.295 bits per heavy atom. The van der Waals surface area contributed by atoms with Crippen LogP contribution in [0.1, 0.15) is 189 Å². The predicted molar refractivity (Wildman–Crippen MR) is 554 cm³/mol. The number of anilines is 4. The normalized spacial score (nSPS) is 13.4. The molecule has 0 radical (unpaired) electrons. The Bertz CT molecular complexity index is 7240. The first-order valence-electron chi connectivity index (χ1n) is 47.2. The topological polar surface area (TPSA) is 211 Å². The fraction of sp³-hybridized carbons (Fsp3) is 0.270. The first kappa shape index (κ1) is 110. The van der Waals surface area contributed by atoms with Gasteiger partial charge < -0.3 is 72.4 Å². The van der Waals surface area contributed by atoms with Gasteiger partial charge in [0.1, 0.15) is 23.5 Å². The maximum absolute atomic E-state index is 6.48. The van der Waals surface area contributed by atoms with Gasteiger partial charge in [-0.2, -0.15) is 68.6 Å². The van der Waals surface area contributed by atoms with Crippen LogP contribution in [0, 0.1) is 117 Å². The van der Waals surface area contributed by atoms with Gasteiger partial charge in [0.05, 0.1) is 45.4 Å². The van der Waals surface area contributed by atoms with Crippen LogP contribution < -0.4 is 52.8 Å². The summed E-state index contributed by atoms with van der Waals surface area (Å²) in [6.07, 6.45) is 22.9. The van der Waals surface area contributed by atoms with E-state index in [1.165, 1.54) is 5.56 Å². The Hall–Kier alpha value is -13.0. The molecule has 20 rings (SSSR count). The number of imidazole rings is 4. The average molecular weight is 2670 g/mol. The van der Waals surface area contributed by atoms with E-state index in [1.54, 1.807) is 18.6 Å². The molecule has 31 heteroatoms. The molecule has 0 unspecified atom stereocenters. The van der Waals surface area contributed by atoms with Gasteiger partial charge in [-0.1, -0.05) is 110 Å². The molecule has 0 amide bonds. The Morgan fingerprint density at radius 2 is 0.630 bits per heavy atom. The summed E-state index contributed by atoms with van der Waals surface area (Å²) in [5.74, 6) is 7.71. The molecule has 12 aromatic heterocycles. The van der Waals surface area contributed by atoms with E-state index in [9.17, 15) is 0 Å². The van der Waals surface area contributed by atoms with Crippen molar-refractivity contribution in [2.75, 3.05) is 47.8 Å². The Morgan fingerprint density at radius 3 is 0.979 bits per heavy atom. The molecular weight excluding hydrogens is 2550 g/mol. The molecule has 16 heterocycles. The summed E-state index contributed by atoms with van der Waals surface area (Å²) in [4.78, 5) is 52.9. The van der Waals surface area contributed by atoms with E-state index in [0.717, 1.165) is 102 Å². The predicted octanol–water partition coefficient (Wildman–Crippen LogP) is 25.5. The number of fused-ring (bicyclic) bond motifs is 4. The summed E-state index contributed by atoms with van der Waals surface area (Å²) in [6, 6.07) is 75.5. The number of ether oxygens (including phenoxy) is 7. The second-order valence-electron chi connectivity index (χ2n) is 39.6. The van der Waals surface area contributed by atoms with Gasteiger partial charge in [-0.25, -0.2) is 15.0 Å². The molecule has 16 aromatic rings. The van der Waals surface area contributed by atoms with Crippen LogP contribution in [-0.4, -0.2) is 105 Å². The molecule has 0 bridgehead atoms. The van der Waals surface area contributed by atoms with Crippen LogP contribution in [0.25, 0.3) is 22.6 Å². The number of hydrogen-bond acceptors (Lipinski definition) is 23. The second-order valence-corrected chi connectivity index (χ2v) is 39.6. The number of aromatic nitrogens is 12. The van der Waals surface area contributed by atoms with Crippen LogP contribution in [0.2, 0.25) is 0 Å². The molecule has 0 atom stereocenters. The van der Waals surface area contributed by atoms with Crippen molar-refractivity contribution in [1.82, 2.24) is 77.1 Å². The summed E-state index contributed by atoms with van der Waals surface area (Å²) in [6.45, 7) is 52.5. The standard InChI is InChI=1S/C31H34N5O.3C28H28N5O2.4Pt/c1-21-22(2)36-28(33-21)17-24(31(6,7)27-16-23(12-13-32-27)30(3,4)5)18-29(36)37-26-11-9-10-25(19-26)35-15-14-34(8)20-35;2*1-19-20(2)33-25(30-19)16-24(34-26-14-21(10-11-29-26)28(3,4)5)17-27(33)35-23-9-7-8-22(15-23)32-13-12-31(6)18-32;1-19(2)27-28(20(3)4)33-24(30-27)16-23(17-26(33)35-25-11-6-7-12-29-25)34-22-10-8-9-21(15-22)32-14-13-31(5)18-32;;;;/h9-17,20H,1-8H3;2*7-14,16,18H,1-6H3;6-14,16,18-20H,1-5H3;;;;/q4*-3;;;;. The minimum absolute atomic E-state index is 0. The molecule has 0 spiro atoms. The van der Waals surface area contributed by atoms with Gasteiger partial charge in [0.25, 0.3) is 0 Å². The van der Waals surface area contributed by atoms with Crippen LogP contribution in [0.4, 0.5) is 22.7 Å². The number of benzene rings is 4. The number of pyridine rings is 8. The molecule has 772 valence electrons. The van der Waals surface area contributed by atoms with Gasteiger partial charge in [-0.15, -0.1) is 132 Å². The maximum atomic E-state index is 6.48. The SMILES string of the molecule is CC(C)c1nc2cc(Oc3[c-]c(N4C=CN(C)[CH-]4)ccc3)[c-]c(Oc3ccccn3)n2c1C(C)C.Cc1nc2cc(C(C)(C)c3cc(C(C)(C)C)ccn3)[c-]c(Oc3[c-]c(N4C=CN(C)[CH-]4)ccc3)n2c1C.Cc1nc2cc(Oc3cc(C(C)(C)C)ccn3)[c-]c(Oc3[c-]c(N4C=CN(C)[CH-]4)ccc3)n2c1C.Cc1nc2cc(Oc3cc(C(C)(C)C)ccn3)[c-]c(Oc3[c-]c(N4C=CN(C)[CH-]4)ccc3)n2c1C.[Pt].[Pt].[Pt].[Pt]. The zero-order valence-corrected chi connectivity index (χ0v) is 95.5. The molecule has 4 aliphatic rings. The van der Waals surface area contributed by atoms with Gasteiger partial charge >= 0.3 is 0 Å². The van der Waals surface area contributed by atoms with Crippen molar-refractivity contribution in [3.8, 4) is 81.4 Å². The third-order valence-electron chi connectivity index (χ3n) is 24.4. The summed E-state index contributed by atoms with van der Waals surface area (Å²) in [5.41, 5.74) is 19.4. The van der Waals surface area contributed by atoms with Crippen molar-refractivity contribution < 1.29 is 117 Å². The van der Waals surface area contributed by atoms with Crippen molar-refractivity contribution in [3.05, 3.63) is 375 Å². The Labute approximate surface area is 915 Å². The zero-order valence-electron chi connectivity index (χ0n) is 86.4. The second kappa shape index (κ2) is 45.9. The van der Waals surface area contributed by atoms with Crippen molar-refractivity contribution in [2.45, 2.75) is 179 Å². The van der Waals surface area contributed by atoms with Crippen LogP contribution >= 0.6 is 0 Å². The van der Waals surface area contributed by atoms with E-state index in [1.807, 2.05) is 336 Å². The van der Waals surface area contributed by atoms with E-state index in [2.05, 4.69) is 202 Å². The van der Waals surface area contributed by atoms with Crippen LogP contribution in [0.5, 0.6) is 81.4 Å². The van der Waals surface area contributed by atoms with Gasteiger partial charge in [0.15, 0.2) is 0 Å². The summed E-state index contributed by atoms with van der Waals surface area (Å²) in [7, 11) is 7.92.